The van der Waals surface area contributed by atoms with Crippen molar-refractivity contribution in [2.24, 2.45) is 11.1 Å². The van der Waals surface area contributed by atoms with Crippen molar-refractivity contribution in [3.63, 3.8) is 0 Å². The lowest BCUT2D eigenvalue weighted by Gasteiger charge is -2.42. The molecule has 2 rings (SSSR count). The Balaban J connectivity index is 2.07. The number of hydrogen-bond donors (Lipinski definition) is 1. The number of rotatable bonds is 5. The fraction of sp³-hybridized carbons (Fsp3) is 0.667. The number of nitrogens with two attached hydrogens (primary N) is 1. The minimum absolute atomic E-state index is 0.601. The summed E-state index contributed by atoms with van der Waals surface area (Å²) in [6, 6.07) is 6.85. The summed E-state index contributed by atoms with van der Waals surface area (Å²) in [7, 11) is 0. The molecule has 0 spiro atoms. The van der Waals surface area contributed by atoms with Gasteiger partial charge in [-0.1, -0.05) is 38.8 Å². The van der Waals surface area contributed by atoms with E-state index in [1.165, 1.54) is 55.6 Å². The molecular formula is C18H30N2. The second-order valence-corrected chi connectivity index (χ2v) is 6.35. The molecule has 1 saturated heterocycles. The number of benzene rings is 1. The van der Waals surface area contributed by atoms with E-state index in [1.54, 1.807) is 0 Å². The van der Waals surface area contributed by atoms with Crippen molar-refractivity contribution in [2.75, 3.05) is 24.5 Å². The van der Waals surface area contributed by atoms with Crippen molar-refractivity contribution in [2.45, 2.75) is 52.9 Å². The van der Waals surface area contributed by atoms with E-state index in [-0.39, 0.29) is 0 Å². The van der Waals surface area contributed by atoms with Crippen LogP contribution in [0.3, 0.4) is 0 Å². The molecule has 1 fully saturated rings. The van der Waals surface area contributed by atoms with Crippen molar-refractivity contribution < 1.29 is 0 Å². The highest BCUT2D eigenvalue weighted by atomic mass is 15.1. The minimum atomic E-state index is 0.601. The Morgan fingerprint density at radius 3 is 2.30 bits per heavy atom. The van der Waals surface area contributed by atoms with Crippen LogP contribution < -0.4 is 10.6 Å². The SMILES string of the molecule is CCC1(CC)CCN(c2ccc(CCN)cc2C)CC1. The number of anilines is 1. The highest BCUT2D eigenvalue weighted by Gasteiger charge is 2.31. The Labute approximate surface area is 124 Å². The van der Waals surface area contributed by atoms with Crippen LogP contribution in [0.25, 0.3) is 0 Å². The zero-order chi connectivity index (χ0) is 14.6. The predicted octanol–water partition coefficient (Wildman–Crippen LogP) is 3.90. The van der Waals surface area contributed by atoms with Crippen LogP contribution in [-0.4, -0.2) is 19.6 Å². The standard InChI is InChI=1S/C18H30N2/c1-4-18(5-2)9-12-20(13-10-18)17-7-6-16(8-11-19)14-15(17)3/h6-7,14H,4-5,8-13,19H2,1-3H3. The molecule has 1 aromatic rings. The molecule has 0 bridgehead atoms. The van der Waals surface area contributed by atoms with E-state index in [9.17, 15) is 0 Å². The zero-order valence-corrected chi connectivity index (χ0v) is 13.4. The lowest BCUT2D eigenvalue weighted by atomic mass is 9.74. The largest absolute Gasteiger partial charge is 0.371 e. The van der Waals surface area contributed by atoms with Gasteiger partial charge in [0.2, 0.25) is 0 Å². The van der Waals surface area contributed by atoms with Gasteiger partial charge < -0.3 is 10.6 Å². The normalized spacial score (nSPS) is 18.3. The third kappa shape index (κ3) is 3.17. The van der Waals surface area contributed by atoms with E-state index in [0.717, 1.165) is 13.0 Å². The van der Waals surface area contributed by atoms with Gasteiger partial charge in [0.25, 0.3) is 0 Å². The maximum Gasteiger partial charge on any atom is 0.0396 e. The van der Waals surface area contributed by atoms with Crippen molar-refractivity contribution >= 4 is 5.69 Å². The number of piperidine rings is 1. The Bertz CT molecular complexity index is 425. The predicted molar refractivity (Wildman–Crippen MR) is 88.4 cm³/mol. The van der Waals surface area contributed by atoms with E-state index in [0.29, 0.717) is 5.41 Å². The van der Waals surface area contributed by atoms with Gasteiger partial charge in [-0.2, -0.15) is 0 Å². The van der Waals surface area contributed by atoms with E-state index in [2.05, 4.69) is 43.9 Å². The molecule has 1 heterocycles. The lowest BCUT2D eigenvalue weighted by Crippen LogP contribution is -2.39. The summed E-state index contributed by atoms with van der Waals surface area (Å²) >= 11 is 0. The molecule has 0 aromatic heterocycles. The summed E-state index contributed by atoms with van der Waals surface area (Å²) in [5, 5.41) is 0. The first-order valence-corrected chi connectivity index (χ1v) is 8.18. The molecule has 0 unspecified atom stereocenters. The average Bonchev–Trinajstić information content (AvgIpc) is 2.48. The van der Waals surface area contributed by atoms with Gasteiger partial charge in [-0.15, -0.1) is 0 Å². The van der Waals surface area contributed by atoms with Crippen LogP contribution >= 0.6 is 0 Å². The third-order valence-corrected chi connectivity index (χ3v) is 5.36. The van der Waals surface area contributed by atoms with E-state index in [1.807, 2.05) is 0 Å². The summed E-state index contributed by atoms with van der Waals surface area (Å²) in [5.74, 6) is 0. The number of hydrogen-bond acceptors (Lipinski definition) is 2. The molecular weight excluding hydrogens is 244 g/mol. The first kappa shape index (κ1) is 15.4. The van der Waals surface area contributed by atoms with Crippen molar-refractivity contribution in [1.29, 1.82) is 0 Å². The van der Waals surface area contributed by atoms with Crippen LogP contribution in [0.15, 0.2) is 18.2 Å². The van der Waals surface area contributed by atoms with Crippen LogP contribution in [0.1, 0.15) is 50.7 Å². The summed E-state index contributed by atoms with van der Waals surface area (Å²) < 4.78 is 0. The molecule has 0 radical (unpaired) electrons. The van der Waals surface area contributed by atoms with Gasteiger partial charge in [-0.05, 0) is 55.3 Å². The molecule has 2 N–H and O–H groups in total. The summed E-state index contributed by atoms with van der Waals surface area (Å²) in [4.78, 5) is 2.57. The first-order chi connectivity index (χ1) is 9.64. The van der Waals surface area contributed by atoms with E-state index < -0.39 is 0 Å². The van der Waals surface area contributed by atoms with Crippen molar-refractivity contribution in [3.8, 4) is 0 Å². The Hall–Kier alpha value is -1.02. The molecule has 2 heteroatoms. The highest BCUT2D eigenvalue weighted by Crippen LogP contribution is 2.39. The number of aryl methyl sites for hydroxylation is 1. The molecule has 1 aromatic carbocycles. The summed E-state index contributed by atoms with van der Waals surface area (Å²) in [6.45, 7) is 10.1. The third-order valence-electron chi connectivity index (χ3n) is 5.36. The maximum atomic E-state index is 5.64. The van der Waals surface area contributed by atoms with Gasteiger partial charge >= 0.3 is 0 Å². The van der Waals surface area contributed by atoms with Crippen molar-refractivity contribution in [1.82, 2.24) is 0 Å². The monoisotopic (exact) mass is 274 g/mol. The van der Waals surface area contributed by atoms with Crippen LogP contribution in [0.5, 0.6) is 0 Å². The van der Waals surface area contributed by atoms with Gasteiger partial charge in [-0.3, -0.25) is 0 Å². The van der Waals surface area contributed by atoms with Gasteiger partial charge in [0.15, 0.2) is 0 Å². The molecule has 0 aliphatic carbocycles. The van der Waals surface area contributed by atoms with Crippen molar-refractivity contribution in [3.05, 3.63) is 29.3 Å². The zero-order valence-electron chi connectivity index (χ0n) is 13.4. The van der Waals surface area contributed by atoms with Gasteiger partial charge in [0.1, 0.15) is 0 Å². The second-order valence-electron chi connectivity index (χ2n) is 6.35. The fourth-order valence-corrected chi connectivity index (χ4v) is 3.57. The topological polar surface area (TPSA) is 29.3 Å². The highest BCUT2D eigenvalue weighted by molar-refractivity contribution is 5.54. The Morgan fingerprint density at radius 2 is 1.80 bits per heavy atom. The Morgan fingerprint density at radius 1 is 1.15 bits per heavy atom. The second kappa shape index (κ2) is 6.62. The molecule has 2 nitrogen and oxygen atoms in total. The quantitative estimate of drug-likeness (QED) is 0.882. The molecule has 20 heavy (non-hydrogen) atoms. The number of nitrogens with zero attached hydrogens (tertiary/aromatic N) is 1. The minimum Gasteiger partial charge on any atom is -0.371 e. The van der Waals surface area contributed by atoms with Crippen LogP contribution in [0.2, 0.25) is 0 Å². The van der Waals surface area contributed by atoms with Gasteiger partial charge in [-0.25, -0.2) is 0 Å². The smallest absolute Gasteiger partial charge is 0.0396 e. The maximum absolute atomic E-state index is 5.64. The molecule has 0 saturated carbocycles. The van der Waals surface area contributed by atoms with Crippen LogP contribution in [-0.2, 0) is 6.42 Å². The Kier molecular flexibility index (Phi) is 5.09. The van der Waals surface area contributed by atoms with Gasteiger partial charge in [0.05, 0.1) is 0 Å². The fourth-order valence-electron chi connectivity index (χ4n) is 3.57. The molecule has 0 atom stereocenters. The van der Waals surface area contributed by atoms with Crippen LogP contribution in [0.4, 0.5) is 5.69 Å². The molecule has 1 aliphatic rings. The first-order valence-electron chi connectivity index (χ1n) is 8.18. The average molecular weight is 274 g/mol. The molecule has 112 valence electrons. The lowest BCUT2D eigenvalue weighted by molar-refractivity contribution is 0.199. The summed E-state index contributed by atoms with van der Waals surface area (Å²) in [6.07, 6.45) is 6.31. The summed E-state index contributed by atoms with van der Waals surface area (Å²) in [5.41, 5.74) is 10.4. The molecule has 1 aliphatic heterocycles. The van der Waals surface area contributed by atoms with Gasteiger partial charge in [0, 0.05) is 18.8 Å². The van der Waals surface area contributed by atoms with E-state index >= 15 is 0 Å². The van der Waals surface area contributed by atoms with Crippen LogP contribution in [0, 0.1) is 12.3 Å². The molecule has 0 amide bonds. The van der Waals surface area contributed by atoms with E-state index in [4.69, 9.17) is 5.73 Å².